The number of halogens is 7. The smallest absolute Gasteiger partial charge is 0.260 e. The topological polar surface area (TPSA) is 59.1 Å². The Bertz CT molecular complexity index is 1050. The molecule has 0 atom stereocenters. The van der Waals surface area contributed by atoms with Gasteiger partial charge in [-0.2, -0.15) is 0 Å². The zero-order chi connectivity index (χ0) is 22.4. The van der Waals surface area contributed by atoms with Crippen molar-refractivity contribution in [3.63, 3.8) is 0 Å². The first-order valence-electron chi connectivity index (χ1n) is 7.81. The number of carbonyl (C=O) groups is 2. The summed E-state index contributed by atoms with van der Waals surface area (Å²) in [5.74, 6) is -4.77. The summed E-state index contributed by atoms with van der Waals surface area (Å²) in [4.78, 5) is 25.6. The molecule has 0 fully saturated rings. The van der Waals surface area contributed by atoms with Crippen molar-refractivity contribution in [2.75, 3.05) is 5.32 Å². The molecule has 1 amide bonds. The molecular weight excluding hydrogens is 471 g/mol. The van der Waals surface area contributed by atoms with Gasteiger partial charge in [-0.25, -0.2) is 17.6 Å². The number of aromatic nitrogens is 1. The van der Waals surface area contributed by atoms with Crippen LogP contribution in [0.15, 0.2) is 48.8 Å². The van der Waals surface area contributed by atoms with E-state index >= 15 is 0 Å². The van der Waals surface area contributed by atoms with Crippen LogP contribution in [-0.2, 0) is 0 Å². The second-order valence-corrected chi connectivity index (χ2v) is 6.56. The van der Waals surface area contributed by atoms with Gasteiger partial charge in [0, 0.05) is 0 Å². The van der Waals surface area contributed by atoms with E-state index in [9.17, 15) is 27.2 Å². The number of pyridine rings is 1. The fourth-order valence-electron chi connectivity index (χ4n) is 2.11. The Morgan fingerprint density at radius 2 is 1.23 bits per heavy atom. The molecule has 4 nitrogen and oxygen atoms in total. The second kappa shape index (κ2) is 10.4. The largest absolute Gasteiger partial charge is 0.317 e. The molecule has 0 saturated heterocycles. The lowest BCUT2D eigenvalue weighted by Gasteiger charge is -2.08. The third-order valence-electron chi connectivity index (χ3n) is 3.44. The zero-order valence-corrected chi connectivity index (χ0v) is 16.8. The molecule has 0 radical (unpaired) electrons. The van der Waals surface area contributed by atoms with E-state index < -0.39 is 45.7 Å². The molecule has 0 aliphatic heterocycles. The molecule has 0 saturated carbocycles. The van der Waals surface area contributed by atoms with Gasteiger partial charge in [0.25, 0.3) is 11.1 Å². The molecule has 156 valence electrons. The fourth-order valence-corrected chi connectivity index (χ4v) is 2.85. The molecule has 1 heterocycles. The zero-order valence-electron chi connectivity index (χ0n) is 14.5. The summed E-state index contributed by atoms with van der Waals surface area (Å²) in [5, 5.41) is 0.914. The molecule has 0 bridgehead atoms. The third kappa shape index (κ3) is 5.69. The average Bonchev–Trinajstić information content (AvgIpc) is 2.65. The van der Waals surface area contributed by atoms with Crippen LogP contribution >= 0.6 is 34.8 Å². The van der Waals surface area contributed by atoms with E-state index in [1.807, 2.05) is 5.32 Å². The summed E-state index contributed by atoms with van der Waals surface area (Å²) in [5.41, 5.74) is -1.46. The lowest BCUT2D eigenvalue weighted by Crippen LogP contribution is -2.16. The van der Waals surface area contributed by atoms with Gasteiger partial charge in [0.15, 0.2) is 11.6 Å². The summed E-state index contributed by atoms with van der Waals surface area (Å²) in [6.45, 7) is 0. The van der Waals surface area contributed by atoms with Crippen molar-refractivity contribution in [1.29, 1.82) is 0 Å². The predicted octanol–water partition coefficient (Wildman–Crippen LogP) is 6.26. The fraction of sp³-hybridized carbons (Fsp3) is 0. The standard InChI is InChI=1S/C12H6ClF3N2O.C7H3Cl2FO/c13-6-2-1-3-7(14)10(6)12(19)18-11-8(15)4-17-5-9(11)16;8-4-2-1-3-5(10)6(4)7(9)11/h1-5H,(H,17,18,19);1-3H. The van der Waals surface area contributed by atoms with Gasteiger partial charge in [0.1, 0.15) is 17.3 Å². The molecule has 11 heteroatoms. The Kier molecular flexibility index (Phi) is 8.16. The average molecular weight is 480 g/mol. The number of hydrogen-bond acceptors (Lipinski definition) is 3. The minimum absolute atomic E-state index is 0.0324. The van der Waals surface area contributed by atoms with E-state index in [1.54, 1.807) is 0 Å². The van der Waals surface area contributed by atoms with Crippen molar-refractivity contribution < 1.29 is 27.2 Å². The van der Waals surface area contributed by atoms with Crippen LogP contribution in [0.4, 0.5) is 23.2 Å². The van der Waals surface area contributed by atoms with Gasteiger partial charge in [-0.05, 0) is 35.9 Å². The van der Waals surface area contributed by atoms with E-state index in [-0.39, 0.29) is 15.6 Å². The normalized spacial score (nSPS) is 10.1. The van der Waals surface area contributed by atoms with Gasteiger partial charge in [0.05, 0.1) is 33.6 Å². The Labute approximate surface area is 182 Å². The van der Waals surface area contributed by atoms with Crippen molar-refractivity contribution in [3.8, 4) is 0 Å². The lowest BCUT2D eigenvalue weighted by molar-refractivity contribution is 0.102. The van der Waals surface area contributed by atoms with Gasteiger partial charge >= 0.3 is 0 Å². The van der Waals surface area contributed by atoms with Crippen molar-refractivity contribution in [3.05, 3.63) is 93.2 Å². The maximum Gasteiger partial charge on any atom is 0.260 e. The van der Waals surface area contributed by atoms with Crippen molar-refractivity contribution in [2.24, 2.45) is 0 Å². The molecular formula is C19H9Cl3F4N2O2. The highest BCUT2D eigenvalue weighted by Gasteiger charge is 2.19. The van der Waals surface area contributed by atoms with E-state index in [0.29, 0.717) is 0 Å². The highest BCUT2D eigenvalue weighted by molar-refractivity contribution is 6.68. The van der Waals surface area contributed by atoms with Crippen LogP contribution in [0.25, 0.3) is 0 Å². The number of nitrogens with zero attached hydrogens (tertiary/aromatic N) is 1. The monoisotopic (exact) mass is 478 g/mol. The van der Waals surface area contributed by atoms with Crippen LogP contribution < -0.4 is 5.32 Å². The minimum Gasteiger partial charge on any atom is -0.317 e. The lowest BCUT2D eigenvalue weighted by atomic mass is 10.2. The number of benzene rings is 2. The van der Waals surface area contributed by atoms with Crippen LogP contribution in [0.1, 0.15) is 20.7 Å². The molecule has 3 rings (SSSR count). The summed E-state index contributed by atoms with van der Waals surface area (Å²) < 4.78 is 52.7. The first-order chi connectivity index (χ1) is 14.1. The van der Waals surface area contributed by atoms with E-state index in [4.69, 9.17) is 34.8 Å². The van der Waals surface area contributed by atoms with Gasteiger partial charge in [-0.1, -0.05) is 35.3 Å². The molecule has 1 N–H and O–H groups in total. The van der Waals surface area contributed by atoms with Gasteiger partial charge in [-0.15, -0.1) is 0 Å². The molecule has 0 unspecified atom stereocenters. The molecule has 30 heavy (non-hydrogen) atoms. The predicted molar refractivity (Wildman–Crippen MR) is 105 cm³/mol. The van der Waals surface area contributed by atoms with E-state index in [1.165, 1.54) is 24.3 Å². The first kappa shape index (κ1) is 23.6. The quantitative estimate of drug-likeness (QED) is 0.356. The minimum atomic E-state index is -1.07. The SMILES string of the molecule is O=C(Cl)c1c(F)cccc1Cl.O=C(Nc1c(F)cncc1F)c1c(F)cccc1Cl. The van der Waals surface area contributed by atoms with Crippen molar-refractivity contribution in [1.82, 2.24) is 4.98 Å². The van der Waals surface area contributed by atoms with Crippen LogP contribution in [0.2, 0.25) is 10.0 Å². The number of amides is 1. The first-order valence-corrected chi connectivity index (χ1v) is 8.95. The molecule has 0 spiro atoms. The number of nitrogens with one attached hydrogen (secondary N) is 1. The van der Waals surface area contributed by atoms with Crippen LogP contribution in [0.3, 0.4) is 0 Å². The summed E-state index contributed by atoms with van der Waals surface area (Å²) in [6.07, 6.45) is 1.45. The maximum absolute atomic E-state index is 13.5. The van der Waals surface area contributed by atoms with E-state index in [0.717, 1.165) is 24.5 Å². The van der Waals surface area contributed by atoms with Gasteiger partial charge in [-0.3, -0.25) is 14.6 Å². The second-order valence-electron chi connectivity index (χ2n) is 5.40. The number of rotatable bonds is 3. The van der Waals surface area contributed by atoms with E-state index in [2.05, 4.69) is 4.98 Å². The summed E-state index contributed by atoms with van der Waals surface area (Å²) >= 11 is 16.2. The Morgan fingerprint density at radius 3 is 1.63 bits per heavy atom. The van der Waals surface area contributed by atoms with Crippen LogP contribution in [0, 0.1) is 23.3 Å². The van der Waals surface area contributed by atoms with Crippen molar-refractivity contribution >= 4 is 51.6 Å². The van der Waals surface area contributed by atoms with Gasteiger partial charge in [0.2, 0.25) is 0 Å². The number of anilines is 1. The Morgan fingerprint density at radius 1 is 0.767 bits per heavy atom. The number of carbonyl (C=O) groups excluding carboxylic acids is 2. The number of hydrogen-bond donors (Lipinski definition) is 1. The summed E-state index contributed by atoms with van der Waals surface area (Å²) in [6, 6.07) is 7.55. The van der Waals surface area contributed by atoms with Crippen LogP contribution in [-0.4, -0.2) is 16.1 Å². The molecule has 0 aliphatic carbocycles. The summed E-state index contributed by atoms with van der Waals surface area (Å²) in [7, 11) is 0. The van der Waals surface area contributed by atoms with Crippen molar-refractivity contribution in [2.45, 2.75) is 0 Å². The highest BCUT2D eigenvalue weighted by Crippen LogP contribution is 2.23. The third-order valence-corrected chi connectivity index (χ3v) is 4.26. The van der Waals surface area contributed by atoms with Gasteiger partial charge < -0.3 is 5.32 Å². The molecule has 0 aliphatic rings. The Balaban J connectivity index is 0.000000248. The van der Waals surface area contributed by atoms with Crippen LogP contribution in [0.5, 0.6) is 0 Å². The maximum atomic E-state index is 13.5. The molecule has 1 aromatic heterocycles. The Hall–Kier alpha value is -2.68. The highest BCUT2D eigenvalue weighted by atomic mass is 35.5. The molecule has 2 aromatic carbocycles. The molecule has 3 aromatic rings.